The maximum Gasteiger partial charge on any atom is 0.134 e. The predicted octanol–water partition coefficient (Wildman–Crippen LogP) is 3.45. The minimum absolute atomic E-state index is 0.152. The minimum Gasteiger partial charge on any atom is -0.496 e. The Hall–Kier alpha value is -1.33. The van der Waals surface area contributed by atoms with E-state index in [2.05, 4.69) is 40.4 Å². The van der Waals surface area contributed by atoms with Crippen molar-refractivity contribution in [2.45, 2.75) is 39.3 Å². The molecule has 110 valence electrons. The van der Waals surface area contributed by atoms with E-state index in [1.807, 2.05) is 12.3 Å². The Balaban J connectivity index is 2.34. The van der Waals surface area contributed by atoms with Gasteiger partial charge in [0.25, 0.3) is 0 Å². The van der Waals surface area contributed by atoms with Crippen molar-refractivity contribution < 1.29 is 4.74 Å². The molecule has 0 radical (unpaired) electrons. The van der Waals surface area contributed by atoms with Crippen LogP contribution in [0.3, 0.4) is 0 Å². The van der Waals surface area contributed by atoms with Gasteiger partial charge in [-0.15, -0.1) is 11.3 Å². The molecule has 0 aliphatic heterocycles. The van der Waals surface area contributed by atoms with Crippen LogP contribution in [0.25, 0.3) is 0 Å². The minimum atomic E-state index is 0.152. The predicted molar refractivity (Wildman–Crippen MR) is 83.5 cm³/mol. The summed E-state index contributed by atoms with van der Waals surface area (Å²) in [5, 5.41) is 10.1. The summed E-state index contributed by atoms with van der Waals surface area (Å²) in [4.78, 5) is 1.22. The fraction of sp³-hybridized carbons (Fsp3) is 0.533. The second kappa shape index (κ2) is 7.45. The molecule has 2 aromatic heterocycles. The van der Waals surface area contributed by atoms with E-state index in [4.69, 9.17) is 4.74 Å². The smallest absolute Gasteiger partial charge is 0.134 e. The molecular weight excluding hydrogens is 270 g/mol. The Morgan fingerprint density at radius 1 is 1.35 bits per heavy atom. The van der Waals surface area contributed by atoms with Gasteiger partial charge in [0.1, 0.15) is 5.75 Å². The average Bonchev–Trinajstić information content (AvgIpc) is 3.09. The summed E-state index contributed by atoms with van der Waals surface area (Å²) in [6.45, 7) is 6.27. The van der Waals surface area contributed by atoms with Gasteiger partial charge >= 0.3 is 0 Å². The summed E-state index contributed by atoms with van der Waals surface area (Å²) >= 11 is 1.73. The van der Waals surface area contributed by atoms with E-state index in [0.717, 1.165) is 31.7 Å². The molecule has 2 rings (SSSR count). The number of thiophene rings is 1. The zero-order valence-electron chi connectivity index (χ0n) is 12.4. The van der Waals surface area contributed by atoms with Crippen LogP contribution in [0.5, 0.6) is 5.75 Å². The Labute approximate surface area is 124 Å². The second-order valence-electron chi connectivity index (χ2n) is 4.72. The molecular formula is C15H23N3OS. The lowest BCUT2D eigenvalue weighted by atomic mass is 10.1. The summed E-state index contributed by atoms with van der Waals surface area (Å²) in [6.07, 6.45) is 4.06. The first-order valence-corrected chi connectivity index (χ1v) is 8.06. The van der Waals surface area contributed by atoms with Crippen LogP contribution in [-0.2, 0) is 6.54 Å². The molecule has 0 saturated carbocycles. The first kappa shape index (κ1) is 15.1. The van der Waals surface area contributed by atoms with Gasteiger partial charge in [0.2, 0.25) is 0 Å². The van der Waals surface area contributed by atoms with Crippen molar-refractivity contribution in [3.05, 3.63) is 34.3 Å². The Morgan fingerprint density at radius 3 is 2.90 bits per heavy atom. The monoisotopic (exact) mass is 293 g/mol. The average molecular weight is 293 g/mol. The van der Waals surface area contributed by atoms with Crippen LogP contribution in [0.15, 0.2) is 23.7 Å². The zero-order valence-corrected chi connectivity index (χ0v) is 13.2. The maximum atomic E-state index is 5.48. The molecule has 0 aromatic carbocycles. The molecule has 0 fully saturated rings. The summed E-state index contributed by atoms with van der Waals surface area (Å²) < 4.78 is 7.57. The number of hydrogen-bond donors (Lipinski definition) is 1. The number of hydrogen-bond acceptors (Lipinski definition) is 4. The van der Waals surface area contributed by atoms with Crippen molar-refractivity contribution in [3.63, 3.8) is 0 Å². The molecule has 0 aliphatic carbocycles. The molecule has 1 unspecified atom stereocenters. The van der Waals surface area contributed by atoms with E-state index < -0.39 is 0 Å². The van der Waals surface area contributed by atoms with Gasteiger partial charge < -0.3 is 10.1 Å². The molecule has 20 heavy (non-hydrogen) atoms. The third-order valence-electron chi connectivity index (χ3n) is 3.22. The van der Waals surface area contributed by atoms with E-state index in [9.17, 15) is 0 Å². The van der Waals surface area contributed by atoms with Gasteiger partial charge in [0.15, 0.2) is 0 Å². The van der Waals surface area contributed by atoms with E-state index in [0.29, 0.717) is 0 Å². The number of aryl methyl sites for hydroxylation is 1. The number of ether oxygens (including phenoxy) is 1. The molecule has 1 atom stereocenters. The van der Waals surface area contributed by atoms with E-state index in [-0.39, 0.29) is 6.04 Å². The molecule has 2 aromatic rings. The van der Waals surface area contributed by atoms with Gasteiger partial charge in [-0.2, -0.15) is 5.10 Å². The SMILES string of the molecule is CCCNC(c1sccc1OC)c1ccnn1CCC. The van der Waals surface area contributed by atoms with Crippen molar-refractivity contribution in [3.8, 4) is 5.75 Å². The molecule has 0 aliphatic rings. The Kier molecular flexibility index (Phi) is 5.61. The van der Waals surface area contributed by atoms with Gasteiger partial charge in [-0.3, -0.25) is 4.68 Å². The molecule has 2 heterocycles. The van der Waals surface area contributed by atoms with Crippen LogP contribution in [0.4, 0.5) is 0 Å². The molecule has 1 N–H and O–H groups in total. The molecule has 0 spiro atoms. The number of nitrogens with one attached hydrogen (secondary N) is 1. The number of aromatic nitrogens is 2. The molecule has 0 bridgehead atoms. The van der Waals surface area contributed by atoms with Gasteiger partial charge in [-0.1, -0.05) is 13.8 Å². The van der Waals surface area contributed by atoms with E-state index >= 15 is 0 Å². The second-order valence-corrected chi connectivity index (χ2v) is 5.67. The lowest BCUT2D eigenvalue weighted by molar-refractivity contribution is 0.405. The fourth-order valence-corrected chi connectivity index (χ4v) is 3.24. The Bertz CT molecular complexity index is 521. The molecule has 0 amide bonds. The van der Waals surface area contributed by atoms with Crippen molar-refractivity contribution in [2.75, 3.05) is 13.7 Å². The highest BCUT2D eigenvalue weighted by molar-refractivity contribution is 7.10. The van der Waals surface area contributed by atoms with Gasteiger partial charge in [-0.25, -0.2) is 0 Å². The van der Waals surface area contributed by atoms with E-state index in [1.165, 1.54) is 10.6 Å². The number of methoxy groups -OCH3 is 1. The van der Waals surface area contributed by atoms with Crippen LogP contribution < -0.4 is 10.1 Å². The normalized spacial score (nSPS) is 12.6. The van der Waals surface area contributed by atoms with Crippen molar-refractivity contribution >= 4 is 11.3 Å². The summed E-state index contributed by atoms with van der Waals surface area (Å²) in [5.41, 5.74) is 1.21. The summed E-state index contributed by atoms with van der Waals surface area (Å²) in [7, 11) is 1.73. The Morgan fingerprint density at radius 2 is 2.20 bits per heavy atom. The number of rotatable bonds is 8. The van der Waals surface area contributed by atoms with Crippen LogP contribution in [0.2, 0.25) is 0 Å². The maximum absolute atomic E-state index is 5.48. The van der Waals surface area contributed by atoms with Crippen LogP contribution >= 0.6 is 11.3 Å². The van der Waals surface area contributed by atoms with Crippen LogP contribution in [0, 0.1) is 0 Å². The first-order chi connectivity index (χ1) is 9.81. The topological polar surface area (TPSA) is 39.1 Å². The molecule has 4 nitrogen and oxygen atoms in total. The van der Waals surface area contributed by atoms with Gasteiger partial charge in [0.05, 0.1) is 23.7 Å². The quantitative estimate of drug-likeness (QED) is 0.810. The summed E-state index contributed by atoms with van der Waals surface area (Å²) in [6, 6.07) is 4.28. The number of nitrogens with zero attached hydrogens (tertiary/aromatic N) is 2. The first-order valence-electron chi connectivity index (χ1n) is 7.18. The largest absolute Gasteiger partial charge is 0.496 e. The van der Waals surface area contributed by atoms with Crippen molar-refractivity contribution in [2.24, 2.45) is 0 Å². The standard InChI is InChI=1S/C15H23N3OS/c1-4-8-16-14(15-13(19-3)7-11-20-15)12-6-9-17-18(12)10-5-2/h6-7,9,11,14,16H,4-5,8,10H2,1-3H3. The molecule has 5 heteroatoms. The third-order valence-corrected chi connectivity index (χ3v) is 4.18. The van der Waals surface area contributed by atoms with Crippen LogP contribution in [-0.4, -0.2) is 23.4 Å². The van der Waals surface area contributed by atoms with E-state index in [1.54, 1.807) is 18.4 Å². The fourth-order valence-electron chi connectivity index (χ4n) is 2.30. The highest BCUT2D eigenvalue weighted by Crippen LogP contribution is 2.34. The lowest BCUT2D eigenvalue weighted by Gasteiger charge is -2.20. The van der Waals surface area contributed by atoms with Gasteiger partial charge in [-0.05, 0) is 36.9 Å². The summed E-state index contributed by atoms with van der Waals surface area (Å²) in [5.74, 6) is 0.952. The third kappa shape index (κ3) is 3.22. The highest BCUT2D eigenvalue weighted by atomic mass is 32.1. The zero-order chi connectivity index (χ0) is 14.4. The van der Waals surface area contributed by atoms with Crippen molar-refractivity contribution in [1.29, 1.82) is 0 Å². The van der Waals surface area contributed by atoms with Crippen molar-refractivity contribution in [1.82, 2.24) is 15.1 Å². The van der Waals surface area contributed by atoms with Crippen LogP contribution in [0.1, 0.15) is 43.3 Å². The molecule has 0 saturated heterocycles. The highest BCUT2D eigenvalue weighted by Gasteiger charge is 2.22. The lowest BCUT2D eigenvalue weighted by Crippen LogP contribution is -2.25. The van der Waals surface area contributed by atoms with Gasteiger partial charge in [0, 0.05) is 12.7 Å².